The van der Waals surface area contributed by atoms with Gasteiger partial charge in [0.15, 0.2) is 0 Å². The van der Waals surface area contributed by atoms with E-state index in [0.29, 0.717) is 0 Å². The van der Waals surface area contributed by atoms with Crippen molar-refractivity contribution in [1.29, 1.82) is 0 Å². The van der Waals surface area contributed by atoms with Gasteiger partial charge in [-0.3, -0.25) is 14.9 Å². The average molecular weight is 341 g/mol. The number of non-ortho nitro benzene ring substituents is 1. The van der Waals surface area contributed by atoms with Gasteiger partial charge in [0.05, 0.1) is 9.82 Å². The number of benzene rings is 1. The van der Waals surface area contributed by atoms with Crippen LogP contribution in [0.25, 0.3) is 0 Å². The molecule has 1 amide bonds. The summed E-state index contributed by atoms with van der Waals surface area (Å²) < 4.78 is 61.0. The van der Waals surface area contributed by atoms with Gasteiger partial charge in [-0.1, -0.05) is 0 Å². The lowest BCUT2D eigenvalue weighted by atomic mass is 10.3. The van der Waals surface area contributed by atoms with Crippen LogP contribution in [0.4, 0.5) is 18.9 Å². The zero-order chi connectivity index (χ0) is 17.0. The topological polar surface area (TPSA) is 118 Å². The highest BCUT2D eigenvalue weighted by Crippen LogP contribution is 2.15. The maximum Gasteiger partial charge on any atom is 0.471 e. The van der Waals surface area contributed by atoms with Gasteiger partial charge in [-0.2, -0.15) is 13.2 Å². The molecule has 0 fully saturated rings. The van der Waals surface area contributed by atoms with Crippen molar-refractivity contribution in [2.75, 3.05) is 13.1 Å². The molecule has 0 atom stereocenters. The monoisotopic (exact) mass is 341 g/mol. The number of nitrogens with zero attached hydrogens (tertiary/aromatic N) is 1. The molecule has 0 radical (unpaired) electrons. The molecule has 2 N–H and O–H groups in total. The molecule has 1 aromatic carbocycles. The summed E-state index contributed by atoms with van der Waals surface area (Å²) in [4.78, 5) is 19.9. The second-order valence-electron chi connectivity index (χ2n) is 3.90. The third-order valence-electron chi connectivity index (χ3n) is 2.32. The molecule has 1 aromatic rings. The van der Waals surface area contributed by atoms with Gasteiger partial charge in [-0.25, -0.2) is 13.1 Å². The molecule has 0 aromatic heterocycles. The first kappa shape index (κ1) is 17.8. The number of sulfonamides is 1. The second kappa shape index (κ2) is 6.70. The fourth-order valence-corrected chi connectivity index (χ4v) is 2.32. The first-order valence-corrected chi connectivity index (χ1v) is 7.11. The van der Waals surface area contributed by atoms with E-state index in [9.17, 15) is 36.5 Å². The number of halogens is 3. The number of carbonyl (C=O) groups excluding carboxylic acids is 1. The van der Waals surface area contributed by atoms with Crippen LogP contribution in [-0.2, 0) is 14.8 Å². The van der Waals surface area contributed by atoms with E-state index in [2.05, 4.69) is 0 Å². The second-order valence-corrected chi connectivity index (χ2v) is 5.67. The van der Waals surface area contributed by atoms with E-state index >= 15 is 0 Å². The minimum absolute atomic E-state index is 0.291. The highest BCUT2D eigenvalue weighted by atomic mass is 32.2. The molecule has 0 aliphatic heterocycles. The lowest BCUT2D eigenvalue weighted by molar-refractivity contribution is -0.384. The Labute approximate surface area is 122 Å². The highest BCUT2D eigenvalue weighted by Gasteiger charge is 2.38. The summed E-state index contributed by atoms with van der Waals surface area (Å²) >= 11 is 0. The van der Waals surface area contributed by atoms with Gasteiger partial charge < -0.3 is 5.32 Å². The van der Waals surface area contributed by atoms with Crippen molar-refractivity contribution in [2.45, 2.75) is 11.1 Å². The minimum atomic E-state index is -5.04. The van der Waals surface area contributed by atoms with E-state index in [1.165, 1.54) is 5.32 Å². The zero-order valence-electron chi connectivity index (χ0n) is 10.8. The molecular formula is C10H10F3N3O5S. The van der Waals surface area contributed by atoms with Crippen molar-refractivity contribution >= 4 is 21.6 Å². The Morgan fingerprint density at radius 1 is 1.18 bits per heavy atom. The lowest BCUT2D eigenvalue weighted by Crippen LogP contribution is -2.41. The fourth-order valence-electron chi connectivity index (χ4n) is 1.29. The summed E-state index contributed by atoms with van der Waals surface area (Å²) in [5.74, 6) is -2.18. The van der Waals surface area contributed by atoms with Crippen molar-refractivity contribution in [3.8, 4) is 0 Å². The Bertz CT molecular complexity index is 657. The standard InChI is InChI=1S/C10H10F3N3O5S/c11-10(12,13)9(17)14-5-6-15-22(20,21)8-3-1-7(2-4-8)16(18)19/h1-4,15H,5-6H2,(H,14,17). The summed E-state index contributed by atoms with van der Waals surface area (Å²) in [5.41, 5.74) is -0.309. The number of hydrogen-bond acceptors (Lipinski definition) is 5. The van der Waals surface area contributed by atoms with Gasteiger partial charge in [-0.05, 0) is 12.1 Å². The largest absolute Gasteiger partial charge is 0.471 e. The fraction of sp³-hybridized carbons (Fsp3) is 0.300. The number of rotatable bonds is 6. The summed E-state index contributed by atoms with van der Waals surface area (Å²) in [5, 5.41) is 11.9. The molecule has 0 saturated heterocycles. The molecule has 0 bridgehead atoms. The first-order valence-electron chi connectivity index (χ1n) is 5.63. The van der Waals surface area contributed by atoms with Gasteiger partial charge in [0.25, 0.3) is 5.69 Å². The maximum absolute atomic E-state index is 11.9. The predicted molar refractivity (Wildman–Crippen MR) is 67.3 cm³/mol. The maximum atomic E-state index is 11.9. The third-order valence-corrected chi connectivity index (χ3v) is 3.79. The van der Waals surface area contributed by atoms with Gasteiger partial charge in [-0.15, -0.1) is 0 Å². The molecule has 0 spiro atoms. The van der Waals surface area contributed by atoms with Crippen LogP contribution in [0.5, 0.6) is 0 Å². The average Bonchev–Trinajstić information content (AvgIpc) is 2.42. The van der Waals surface area contributed by atoms with Crippen molar-refractivity contribution < 1.29 is 31.3 Å². The third kappa shape index (κ3) is 4.96. The van der Waals surface area contributed by atoms with Crippen molar-refractivity contribution in [3.63, 3.8) is 0 Å². The molecule has 0 heterocycles. The van der Waals surface area contributed by atoms with Crippen LogP contribution in [0.2, 0.25) is 0 Å². The van der Waals surface area contributed by atoms with Crippen LogP contribution in [0, 0.1) is 10.1 Å². The van der Waals surface area contributed by atoms with E-state index in [-0.39, 0.29) is 10.6 Å². The Balaban J connectivity index is 2.58. The van der Waals surface area contributed by atoms with E-state index in [4.69, 9.17) is 0 Å². The number of amides is 1. The van der Waals surface area contributed by atoms with Crippen LogP contribution < -0.4 is 10.0 Å². The van der Waals surface area contributed by atoms with Gasteiger partial charge in [0.1, 0.15) is 0 Å². The number of nitro groups is 1. The smallest absolute Gasteiger partial charge is 0.347 e. The SMILES string of the molecule is O=C(NCCNS(=O)(=O)c1ccc([N+](=O)[O-])cc1)C(F)(F)F. The molecular weight excluding hydrogens is 331 g/mol. The first-order chi connectivity index (χ1) is 10.0. The molecule has 0 unspecified atom stereocenters. The van der Waals surface area contributed by atoms with E-state index < -0.39 is 40.1 Å². The summed E-state index contributed by atoms with van der Waals surface area (Å²) in [6, 6.07) is 3.91. The van der Waals surface area contributed by atoms with Crippen LogP contribution in [0.3, 0.4) is 0 Å². The van der Waals surface area contributed by atoms with Crippen LogP contribution >= 0.6 is 0 Å². The number of nitro benzene ring substituents is 1. The summed E-state index contributed by atoms with van der Waals surface area (Å²) in [7, 11) is -4.04. The molecule has 0 saturated carbocycles. The quantitative estimate of drug-likeness (QED) is 0.445. The Morgan fingerprint density at radius 2 is 1.73 bits per heavy atom. The van der Waals surface area contributed by atoms with Gasteiger partial charge >= 0.3 is 12.1 Å². The van der Waals surface area contributed by atoms with Crippen molar-refractivity contribution in [2.24, 2.45) is 0 Å². The van der Waals surface area contributed by atoms with Gasteiger partial charge in [0, 0.05) is 25.2 Å². The van der Waals surface area contributed by atoms with E-state index in [1.807, 2.05) is 4.72 Å². The molecule has 0 aliphatic rings. The number of hydrogen-bond donors (Lipinski definition) is 2. The highest BCUT2D eigenvalue weighted by molar-refractivity contribution is 7.89. The van der Waals surface area contributed by atoms with Crippen LogP contribution in [0.15, 0.2) is 29.2 Å². The lowest BCUT2D eigenvalue weighted by Gasteiger charge is -2.09. The molecule has 0 aliphatic carbocycles. The summed E-state index contributed by atoms with van der Waals surface area (Å²) in [6.07, 6.45) is -5.04. The molecule has 122 valence electrons. The number of carbonyl (C=O) groups is 1. The van der Waals surface area contributed by atoms with Crippen molar-refractivity contribution in [1.82, 2.24) is 10.0 Å². The number of nitrogens with one attached hydrogen (secondary N) is 2. The predicted octanol–water partition coefficient (Wildman–Crippen LogP) is 0.552. The van der Waals surface area contributed by atoms with Gasteiger partial charge in [0.2, 0.25) is 10.0 Å². The Hall–Kier alpha value is -2.21. The van der Waals surface area contributed by atoms with E-state index in [0.717, 1.165) is 24.3 Å². The normalized spacial score (nSPS) is 12.0. The molecule has 1 rings (SSSR count). The molecule has 12 heteroatoms. The van der Waals surface area contributed by atoms with Crippen LogP contribution in [-0.4, -0.2) is 38.5 Å². The zero-order valence-corrected chi connectivity index (χ0v) is 11.6. The van der Waals surface area contributed by atoms with E-state index in [1.54, 1.807) is 0 Å². The molecule has 22 heavy (non-hydrogen) atoms. The Morgan fingerprint density at radius 3 is 2.18 bits per heavy atom. The summed E-state index contributed by atoms with van der Waals surface area (Å²) in [6.45, 7) is -1.04. The number of alkyl halides is 3. The Kier molecular flexibility index (Phi) is 5.43. The molecule has 8 nitrogen and oxygen atoms in total. The van der Waals surface area contributed by atoms with Crippen molar-refractivity contribution in [3.05, 3.63) is 34.4 Å². The minimum Gasteiger partial charge on any atom is -0.347 e. The van der Waals surface area contributed by atoms with Crippen LogP contribution in [0.1, 0.15) is 0 Å².